The van der Waals surface area contributed by atoms with E-state index in [9.17, 15) is 5.11 Å². The highest BCUT2D eigenvalue weighted by atomic mass is 16.5. The number of aromatic amines is 1. The standard InChI is InChI=1S/C16H14N6O2/c1-9-3-12(23)16(13(4-9)24-2)11-5-14(22-21-11)20-15-8-18-10(6-17)7-19-15/h3-5,7-8,23H,1-2H3,(H2,19,20,21,22). The van der Waals surface area contributed by atoms with Gasteiger partial charge in [0.05, 0.1) is 30.8 Å². The topological polar surface area (TPSA) is 120 Å². The second kappa shape index (κ2) is 6.26. The predicted octanol–water partition coefficient (Wildman–Crippen LogP) is 2.50. The second-order valence-corrected chi connectivity index (χ2v) is 5.05. The zero-order valence-electron chi connectivity index (χ0n) is 13.0. The maximum Gasteiger partial charge on any atom is 0.158 e. The number of nitrogens with one attached hydrogen (secondary N) is 2. The van der Waals surface area contributed by atoms with Crippen LogP contribution >= 0.6 is 0 Å². The zero-order chi connectivity index (χ0) is 17.1. The van der Waals surface area contributed by atoms with Crippen molar-refractivity contribution in [2.24, 2.45) is 0 Å². The first kappa shape index (κ1) is 15.3. The number of H-pyrrole nitrogens is 1. The van der Waals surface area contributed by atoms with Crippen LogP contribution in [0.1, 0.15) is 11.3 Å². The maximum absolute atomic E-state index is 10.2. The monoisotopic (exact) mass is 322 g/mol. The number of rotatable bonds is 4. The summed E-state index contributed by atoms with van der Waals surface area (Å²) in [5.41, 5.74) is 2.24. The molecule has 0 radical (unpaired) electrons. The number of methoxy groups -OCH3 is 1. The van der Waals surface area contributed by atoms with E-state index in [1.807, 2.05) is 19.1 Å². The van der Waals surface area contributed by atoms with Crippen LogP contribution in [-0.4, -0.2) is 32.4 Å². The molecule has 0 unspecified atom stereocenters. The molecule has 8 heteroatoms. The molecule has 8 nitrogen and oxygen atoms in total. The van der Waals surface area contributed by atoms with Gasteiger partial charge in [0.15, 0.2) is 11.5 Å². The Morgan fingerprint density at radius 2 is 2.04 bits per heavy atom. The van der Waals surface area contributed by atoms with Crippen LogP contribution in [0.4, 0.5) is 11.6 Å². The first-order chi connectivity index (χ1) is 11.6. The highest BCUT2D eigenvalue weighted by Gasteiger charge is 2.15. The second-order valence-electron chi connectivity index (χ2n) is 5.05. The number of phenolic OH excluding ortho intramolecular Hbond substituents is 1. The Morgan fingerprint density at radius 1 is 1.21 bits per heavy atom. The molecule has 0 aliphatic rings. The molecule has 0 spiro atoms. The van der Waals surface area contributed by atoms with Gasteiger partial charge in [0.2, 0.25) is 0 Å². The summed E-state index contributed by atoms with van der Waals surface area (Å²) in [5, 5.41) is 28.9. The number of benzene rings is 1. The molecule has 0 atom stereocenters. The van der Waals surface area contributed by atoms with E-state index in [0.29, 0.717) is 28.6 Å². The Balaban J connectivity index is 1.89. The Bertz CT molecular complexity index is 911. The van der Waals surface area contributed by atoms with Crippen LogP contribution in [0.5, 0.6) is 11.5 Å². The third-order valence-corrected chi connectivity index (χ3v) is 3.32. The van der Waals surface area contributed by atoms with E-state index in [2.05, 4.69) is 25.5 Å². The highest BCUT2D eigenvalue weighted by molar-refractivity contribution is 5.76. The van der Waals surface area contributed by atoms with Gasteiger partial charge in [-0.1, -0.05) is 0 Å². The van der Waals surface area contributed by atoms with Crippen LogP contribution in [0, 0.1) is 18.3 Å². The Kier molecular flexibility index (Phi) is 3.99. The van der Waals surface area contributed by atoms with Crippen LogP contribution in [-0.2, 0) is 0 Å². The molecule has 0 saturated carbocycles. The largest absolute Gasteiger partial charge is 0.507 e. The lowest BCUT2D eigenvalue weighted by molar-refractivity contribution is 0.409. The first-order valence-electron chi connectivity index (χ1n) is 7.03. The van der Waals surface area contributed by atoms with Crippen LogP contribution in [0.25, 0.3) is 11.3 Å². The zero-order valence-corrected chi connectivity index (χ0v) is 13.0. The molecule has 3 N–H and O–H groups in total. The number of phenols is 1. The van der Waals surface area contributed by atoms with Gasteiger partial charge in [0.1, 0.15) is 23.4 Å². The van der Waals surface area contributed by atoms with Crippen LogP contribution < -0.4 is 10.1 Å². The van der Waals surface area contributed by atoms with Crippen molar-refractivity contribution in [1.29, 1.82) is 5.26 Å². The molecule has 3 aromatic rings. The Morgan fingerprint density at radius 3 is 2.71 bits per heavy atom. The molecule has 2 heterocycles. The summed E-state index contributed by atoms with van der Waals surface area (Å²) in [6.07, 6.45) is 2.81. The van der Waals surface area contributed by atoms with E-state index in [1.54, 1.807) is 19.2 Å². The number of hydrogen-bond acceptors (Lipinski definition) is 7. The highest BCUT2D eigenvalue weighted by Crippen LogP contribution is 2.38. The van der Waals surface area contributed by atoms with Crippen molar-refractivity contribution >= 4 is 11.6 Å². The first-order valence-corrected chi connectivity index (χ1v) is 7.03. The molecule has 0 fully saturated rings. The third kappa shape index (κ3) is 2.96. The third-order valence-electron chi connectivity index (χ3n) is 3.32. The van der Waals surface area contributed by atoms with E-state index in [-0.39, 0.29) is 11.4 Å². The SMILES string of the molecule is COc1cc(C)cc(O)c1-c1cc(Nc2cnc(C#N)cn2)n[nH]1. The van der Waals surface area contributed by atoms with Gasteiger partial charge in [-0.15, -0.1) is 0 Å². The Hall–Kier alpha value is -3.60. The predicted molar refractivity (Wildman–Crippen MR) is 87.0 cm³/mol. The lowest BCUT2D eigenvalue weighted by Crippen LogP contribution is -1.95. The number of anilines is 2. The summed E-state index contributed by atoms with van der Waals surface area (Å²) < 4.78 is 5.33. The summed E-state index contributed by atoms with van der Waals surface area (Å²) >= 11 is 0. The Labute approximate surface area is 137 Å². The molecule has 2 aromatic heterocycles. The average molecular weight is 322 g/mol. The fraction of sp³-hybridized carbons (Fsp3) is 0.125. The minimum Gasteiger partial charge on any atom is -0.507 e. The number of hydrogen-bond donors (Lipinski definition) is 3. The molecule has 0 aliphatic heterocycles. The number of nitriles is 1. The molecule has 0 bridgehead atoms. The van der Waals surface area contributed by atoms with E-state index < -0.39 is 0 Å². The molecular weight excluding hydrogens is 308 g/mol. The summed E-state index contributed by atoms with van der Waals surface area (Å²) in [5.74, 6) is 1.58. The molecule has 3 rings (SSSR count). The summed E-state index contributed by atoms with van der Waals surface area (Å²) in [4.78, 5) is 7.99. The van der Waals surface area contributed by atoms with Crippen LogP contribution in [0.2, 0.25) is 0 Å². The minimum absolute atomic E-state index is 0.0974. The van der Waals surface area contributed by atoms with E-state index >= 15 is 0 Å². The van der Waals surface area contributed by atoms with Crippen molar-refractivity contribution in [1.82, 2.24) is 20.2 Å². The molecule has 0 aliphatic carbocycles. The van der Waals surface area contributed by atoms with Crippen molar-refractivity contribution in [3.63, 3.8) is 0 Å². The van der Waals surface area contributed by atoms with Crippen molar-refractivity contribution in [3.05, 3.63) is 41.9 Å². The van der Waals surface area contributed by atoms with Gasteiger partial charge in [-0.2, -0.15) is 10.4 Å². The fourth-order valence-corrected chi connectivity index (χ4v) is 2.26. The molecule has 1 aromatic carbocycles. The molecule has 120 valence electrons. The minimum atomic E-state index is 0.0974. The van der Waals surface area contributed by atoms with Crippen molar-refractivity contribution < 1.29 is 9.84 Å². The number of aromatic hydroxyl groups is 1. The smallest absolute Gasteiger partial charge is 0.158 e. The van der Waals surface area contributed by atoms with Gasteiger partial charge < -0.3 is 15.2 Å². The average Bonchev–Trinajstić information content (AvgIpc) is 3.02. The van der Waals surface area contributed by atoms with Gasteiger partial charge >= 0.3 is 0 Å². The van der Waals surface area contributed by atoms with Crippen molar-refractivity contribution in [2.45, 2.75) is 6.92 Å². The van der Waals surface area contributed by atoms with Gasteiger partial charge in [-0.05, 0) is 24.6 Å². The molecule has 0 amide bonds. The number of ether oxygens (including phenoxy) is 1. The summed E-state index contributed by atoms with van der Waals surface area (Å²) in [7, 11) is 1.54. The summed E-state index contributed by atoms with van der Waals surface area (Å²) in [6.45, 7) is 1.87. The van der Waals surface area contributed by atoms with Crippen LogP contribution in [0.3, 0.4) is 0 Å². The number of aromatic nitrogens is 4. The van der Waals surface area contributed by atoms with Crippen molar-refractivity contribution in [2.75, 3.05) is 12.4 Å². The van der Waals surface area contributed by atoms with Gasteiger partial charge in [-0.25, -0.2) is 9.97 Å². The van der Waals surface area contributed by atoms with E-state index in [0.717, 1.165) is 5.56 Å². The van der Waals surface area contributed by atoms with Gasteiger partial charge in [-0.3, -0.25) is 5.10 Å². The molecule has 24 heavy (non-hydrogen) atoms. The summed E-state index contributed by atoms with van der Waals surface area (Å²) in [6, 6.07) is 7.10. The van der Waals surface area contributed by atoms with E-state index in [1.165, 1.54) is 12.4 Å². The van der Waals surface area contributed by atoms with Crippen molar-refractivity contribution in [3.8, 4) is 28.8 Å². The number of aryl methyl sites for hydroxylation is 1. The van der Waals surface area contributed by atoms with Gasteiger partial charge in [0, 0.05) is 6.07 Å². The lowest BCUT2D eigenvalue weighted by atomic mass is 10.1. The quantitative estimate of drug-likeness (QED) is 0.675. The van der Waals surface area contributed by atoms with Gasteiger partial charge in [0.25, 0.3) is 0 Å². The maximum atomic E-state index is 10.2. The normalized spacial score (nSPS) is 10.2. The van der Waals surface area contributed by atoms with E-state index in [4.69, 9.17) is 10.00 Å². The number of nitrogens with zero attached hydrogens (tertiary/aromatic N) is 4. The fourth-order valence-electron chi connectivity index (χ4n) is 2.26. The molecule has 0 saturated heterocycles. The lowest BCUT2D eigenvalue weighted by Gasteiger charge is -2.10. The van der Waals surface area contributed by atoms with Crippen LogP contribution in [0.15, 0.2) is 30.6 Å². The molecular formula is C16H14N6O2.